The highest BCUT2D eigenvalue weighted by Crippen LogP contribution is 2.18. The second kappa shape index (κ2) is 6.69. The molecule has 0 radical (unpaired) electrons. The number of hydrogen-bond acceptors (Lipinski definition) is 7. The average molecular weight is 318 g/mol. The summed E-state index contributed by atoms with van der Waals surface area (Å²) in [6, 6.07) is 3.61. The summed E-state index contributed by atoms with van der Waals surface area (Å²) in [6.07, 6.45) is 4.54. The topological polar surface area (TPSA) is 97.0 Å². The number of hydrogen-bond donors (Lipinski definition) is 2. The minimum atomic E-state index is 0.0493. The summed E-state index contributed by atoms with van der Waals surface area (Å²) in [6.45, 7) is 2.29. The zero-order chi connectivity index (χ0) is 15.4. The molecular weight excluding hydrogens is 300 g/mol. The van der Waals surface area contributed by atoms with Crippen molar-refractivity contribution in [3.8, 4) is 0 Å². The van der Waals surface area contributed by atoms with Crippen molar-refractivity contribution in [2.24, 2.45) is 0 Å². The van der Waals surface area contributed by atoms with Gasteiger partial charge >= 0.3 is 0 Å². The first-order valence-electron chi connectivity index (χ1n) is 7.30. The molecule has 0 spiro atoms. The third-order valence-corrected chi connectivity index (χ3v) is 4.36. The predicted octanol–water partition coefficient (Wildman–Crippen LogP) is 1.41. The molecule has 0 unspecified atom stereocenters. The molecule has 0 atom stereocenters. The number of pyridine rings is 1. The lowest BCUT2D eigenvalue weighted by Crippen LogP contribution is -2.28. The van der Waals surface area contributed by atoms with Gasteiger partial charge in [-0.2, -0.15) is 0 Å². The Morgan fingerprint density at radius 1 is 1.36 bits per heavy atom. The highest BCUT2D eigenvalue weighted by molar-refractivity contribution is 7.15. The lowest BCUT2D eigenvalue weighted by molar-refractivity contribution is 0.0793. The van der Waals surface area contributed by atoms with Crippen molar-refractivity contribution >= 4 is 28.2 Å². The fourth-order valence-corrected chi connectivity index (χ4v) is 3.07. The summed E-state index contributed by atoms with van der Waals surface area (Å²) >= 11 is 1.37. The zero-order valence-corrected chi connectivity index (χ0v) is 13.0. The summed E-state index contributed by atoms with van der Waals surface area (Å²) in [5.41, 5.74) is 6.18. The van der Waals surface area contributed by atoms with Crippen LogP contribution in [0.4, 0.5) is 10.9 Å². The van der Waals surface area contributed by atoms with Gasteiger partial charge in [-0.15, -0.1) is 10.2 Å². The molecule has 3 N–H and O–H groups in total. The maximum atomic E-state index is 12.5. The number of anilines is 2. The smallest absolute Gasteiger partial charge is 0.257 e. The highest BCUT2D eigenvalue weighted by Gasteiger charge is 2.22. The van der Waals surface area contributed by atoms with Crippen LogP contribution in [0.5, 0.6) is 0 Å². The predicted molar refractivity (Wildman–Crippen MR) is 85.9 cm³/mol. The van der Waals surface area contributed by atoms with Gasteiger partial charge in [0.05, 0.1) is 5.56 Å². The lowest BCUT2D eigenvalue weighted by atomic mass is 10.2. The second-order valence-electron chi connectivity index (χ2n) is 5.11. The maximum Gasteiger partial charge on any atom is 0.257 e. The molecule has 8 heteroatoms. The van der Waals surface area contributed by atoms with Crippen LogP contribution < -0.4 is 11.1 Å². The largest absolute Gasteiger partial charge is 0.374 e. The van der Waals surface area contributed by atoms with Crippen molar-refractivity contribution in [1.82, 2.24) is 20.1 Å². The van der Waals surface area contributed by atoms with Gasteiger partial charge in [0.2, 0.25) is 5.13 Å². The normalized spacial score (nSPS) is 14.3. The van der Waals surface area contributed by atoms with Crippen LogP contribution in [0.1, 0.15) is 28.2 Å². The average Bonchev–Trinajstić information content (AvgIpc) is 3.19. The highest BCUT2D eigenvalue weighted by atomic mass is 32.1. The van der Waals surface area contributed by atoms with Crippen molar-refractivity contribution in [3.05, 3.63) is 28.9 Å². The van der Waals surface area contributed by atoms with Crippen molar-refractivity contribution in [2.45, 2.75) is 19.3 Å². The first-order chi connectivity index (χ1) is 10.7. The summed E-state index contributed by atoms with van der Waals surface area (Å²) in [7, 11) is 0. The molecule has 116 valence electrons. The third kappa shape index (κ3) is 3.33. The quantitative estimate of drug-likeness (QED) is 0.865. The number of aromatic nitrogens is 3. The number of likely N-dealkylation sites (tertiary alicyclic amines) is 1. The molecule has 0 bridgehead atoms. The van der Waals surface area contributed by atoms with E-state index in [-0.39, 0.29) is 5.91 Å². The van der Waals surface area contributed by atoms with Crippen LogP contribution >= 0.6 is 11.3 Å². The number of nitrogen functional groups attached to an aromatic ring is 1. The van der Waals surface area contributed by atoms with E-state index in [1.807, 2.05) is 11.0 Å². The van der Waals surface area contributed by atoms with Crippen LogP contribution in [0.2, 0.25) is 0 Å². The van der Waals surface area contributed by atoms with Gasteiger partial charge in [-0.1, -0.05) is 11.3 Å². The standard InChI is InChI=1S/C14H18N6OS/c15-14-19-18-11(22-14)5-7-17-12-10(4-3-6-16-12)13(21)20-8-1-2-9-20/h3-4,6H,1-2,5,7-9H2,(H2,15,19)(H,16,17). The lowest BCUT2D eigenvalue weighted by Gasteiger charge is -2.17. The van der Waals surface area contributed by atoms with Crippen molar-refractivity contribution < 1.29 is 4.79 Å². The van der Waals surface area contributed by atoms with Gasteiger partial charge in [0.15, 0.2) is 0 Å². The fraction of sp³-hybridized carbons (Fsp3) is 0.429. The Morgan fingerprint density at radius 2 is 2.18 bits per heavy atom. The van der Waals surface area contributed by atoms with Crippen LogP contribution in [0.3, 0.4) is 0 Å². The van der Waals surface area contributed by atoms with E-state index in [4.69, 9.17) is 5.73 Å². The molecule has 3 heterocycles. The fourth-order valence-electron chi connectivity index (χ4n) is 2.46. The molecule has 1 fully saturated rings. The van der Waals surface area contributed by atoms with Gasteiger partial charge < -0.3 is 16.0 Å². The molecule has 1 saturated heterocycles. The Morgan fingerprint density at radius 3 is 2.91 bits per heavy atom. The molecule has 0 saturated carbocycles. The number of carbonyl (C=O) groups is 1. The summed E-state index contributed by atoms with van der Waals surface area (Å²) in [5.74, 6) is 0.671. The van der Waals surface area contributed by atoms with Gasteiger partial charge in [-0.3, -0.25) is 4.79 Å². The van der Waals surface area contributed by atoms with Gasteiger partial charge in [0.1, 0.15) is 10.8 Å². The molecule has 1 amide bonds. The molecule has 2 aromatic rings. The first kappa shape index (κ1) is 14.7. The van der Waals surface area contributed by atoms with E-state index >= 15 is 0 Å². The molecule has 2 aromatic heterocycles. The van der Waals surface area contributed by atoms with Crippen molar-refractivity contribution in [3.63, 3.8) is 0 Å². The van der Waals surface area contributed by atoms with Crippen molar-refractivity contribution in [1.29, 1.82) is 0 Å². The summed E-state index contributed by atoms with van der Waals surface area (Å²) < 4.78 is 0. The molecule has 0 aliphatic carbocycles. The number of nitrogens with two attached hydrogens (primary N) is 1. The molecule has 1 aliphatic rings. The zero-order valence-electron chi connectivity index (χ0n) is 12.2. The molecule has 22 heavy (non-hydrogen) atoms. The molecule has 1 aliphatic heterocycles. The number of nitrogens with zero attached hydrogens (tertiary/aromatic N) is 4. The SMILES string of the molecule is Nc1nnc(CCNc2ncccc2C(=O)N2CCCC2)s1. The van der Waals surface area contributed by atoms with Gasteiger partial charge in [0, 0.05) is 32.3 Å². The number of rotatable bonds is 5. The van der Waals surface area contributed by atoms with E-state index in [2.05, 4.69) is 20.5 Å². The van der Waals surface area contributed by atoms with Gasteiger partial charge in [0.25, 0.3) is 5.91 Å². The number of amides is 1. The minimum Gasteiger partial charge on any atom is -0.374 e. The van der Waals surface area contributed by atoms with Crippen LogP contribution in [0.15, 0.2) is 18.3 Å². The summed E-state index contributed by atoms with van der Waals surface area (Å²) in [5, 5.41) is 12.3. The van der Waals surface area contributed by atoms with Crippen LogP contribution in [-0.2, 0) is 6.42 Å². The van der Waals surface area contributed by atoms with Crippen LogP contribution in [0, 0.1) is 0 Å². The monoisotopic (exact) mass is 318 g/mol. The number of carbonyl (C=O) groups excluding carboxylic acids is 1. The molecule has 0 aromatic carbocycles. The third-order valence-electron chi connectivity index (χ3n) is 3.55. The van der Waals surface area contributed by atoms with Gasteiger partial charge in [-0.05, 0) is 25.0 Å². The Labute approximate surface area is 132 Å². The first-order valence-corrected chi connectivity index (χ1v) is 8.12. The van der Waals surface area contributed by atoms with E-state index in [1.165, 1.54) is 11.3 Å². The van der Waals surface area contributed by atoms with E-state index in [9.17, 15) is 4.79 Å². The Hall–Kier alpha value is -2.22. The van der Waals surface area contributed by atoms with E-state index < -0.39 is 0 Å². The Balaban J connectivity index is 1.64. The van der Waals surface area contributed by atoms with E-state index in [0.717, 1.165) is 30.9 Å². The minimum absolute atomic E-state index is 0.0493. The molecular formula is C14H18N6OS. The summed E-state index contributed by atoms with van der Waals surface area (Å²) in [4.78, 5) is 18.7. The Bertz CT molecular complexity index is 652. The Kier molecular flexibility index (Phi) is 4.47. The van der Waals surface area contributed by atoms with Crippen LogP contribution in [0.25, 0.3) is 0 Å². The molecule has 7 nitrogen and oxygen atoms in total. The van der Waals surface area contributed by atoms with E-state index in [1.54, 1.807) is 12.3 Å². The molecule has 3 rings (SSSR count). The van der Waals surface area contributed by atoms with Crippen molar-refractivity contribution in [2.75, 3.05) is 30.7 Å². The van der Waals surface area contributed by atoms with E-state index in [0.29, 0.717) is 29.5 Å². The maximum absolute atomic E-state index is 12.5. The number of nitrogens with one attached hydrogen (secondary N) is 1. The van der Waals surface area contributed by atoms with Crippen LogP contribution in [-0.4, -0.2) is 45.6 Å². The second-order valence-corrected chi connectivity index (χ2v) is 6.20. The van der Waals surface area contributed by atoms with Gasteiger partial charge in [-0.25, -0.2) is 4.98 Å².